The van der Waals surface area contributed by atoms with E-state index in [0.717, 1.165) is 23.4 Å². The summed E-state index contributed by atoms with van der Waals surface area (Å²) in [5.74, 6) is -0.544. The second kappa shape index (κ2) is 10.7. The van der Waals surface area contributed by atoms with Crippen molar-refractivity contribution in [1.29, 1.82) is 0 Å². The average molecular weight is 509 g/mol. The number of ether oxygens (including phenoxy) is 1. The first kappa shape index (κ1) is 26.6. The molecule has 1 aliphatic rings. The normalized spacial score (nSPS) is 15.4. The molecule has 1 aliphatic heterocycles. The highest BCUT2D eigenvalue weighted by atomic mass is 35.5. The molecule has 0 aliphatic carbocycles. The van der Waals surface area contributed by atoms with Gasteiger partial charge >= 0.3 is 6.36 Å². The molecule has 1 amide bonds. The number of fused-ring (bicyclic) bond motifs is 1. The Kier molecular flexibility index (Phi) is 8.15. The third-order valence-corrected chi connectivity index (χ3v) is 5.74. The van der Waals surface area contributed by atoms with Crippen LogP contribution in [0.25, 0.3) is 22.4 Å². The molecule has 4 rings (SSSR count). The van der Waals surface area contributed by atoms with E-state index in [2.05, 4.69) is 15.0 Å². The lowest BCUT2D eigenvalue weighted by Crippen LogP contribution is -2.39. The lowest BCUT2D eigenvalue weighted by Gasteiger charge is -2.28. The number of nitrogens with one attached hydrogen (secondary N) is 1. The number of hydrogen-bond donors (Lipinski definition) is 2. The zero-order valence-electron chi connectivity index (χ0n) is 19.4. The smallest absolute Gasteiger partial charge is 0.406 e. The molecule has 0 radical (unpaired) electrons. The number of benzene rings is 2. The van der Waals surface area contributed by atoms with Crippen LogP contribution in [0.4, 0.5) is 13.2 Å². The van der Waals surface area contributed by atoms with Gasteiger partial charge in [0.1, 0.15) is 11.4 Å². The zero-order valence-corrected chi connectivity index (χ0v) is 20.2. The van der Waals surface area contributed by atoms with Gasteiger partial charge in [0.05, 0.1) is 11.7 Å². The maximum absolute atomic E-state index is 12.8. The predicted octanol–water partition coefficient (Wildman–Crippen LogP) is 4.84. The van der Waals surface area contributed by atoms with Crippen molar-refractivity contribution in [1.82, 2.24) is 14.8 Å². The number of halogens is 4. The van der Waals surface area contributed by atoms with E-state index in [-0.39, 0.29) is 30.1 Å². The predicted molar refractivity (Wildman–Crippen MR) is 132 cm³/mol. The van der Waals surface area contributed by atoms with E-state index in [9.17, 15) is 18.0 Å². The molecule has 6 nitrogen and oxygen atoms in total. The first-order valence-corrected chi connectivity index (χ1v) is 11.0. The highest BCUT2D eigenvalue weighted by molar-refractivity contribution is 5.98. The summed E-state index contributed by atoms with van der Waals surface area (Å²) < 4.78 is 44.6. The Bertz CT molecular complexity index is 1180. The monoisotopic (exact) mass is 508 g/mol. The number of carbonyl (C=O) groups is 1. The fourth-order valence-corrected chi connectivity index (χ4v) is 4.40. The minimum atomic E-state index is -4.80. The van der Waals surface area contributed by atoms with Crippen LogP contribution in [0.5, 0.6) is 5.75 Å². The van der Waals surface area contributed by atoms with Crippen LogP contribution in [-0.4, -0.2) is 48.9 Å². The third-order valence-electron chi connectivity index (χ3n) is 5.74. The third kappa shape index (κ3) is 5.98. The average Bonchev–Trinajstić information content (AvgIpc) is 3.17. The van der Waals surface area contributed by atoms with Crippen molar-refractivity contribution in [2.75, 3.05) is 27.2 Å². The number of hydrogen-bond acceptors (Lipinski definition) is 4. The Morgan fingerprint density at radius 1 is 1.11 bits per heavy atom. The molecule has 1 atom stereocenters. The summed E-state index contributed by atoms with van der Waals surface area (Å²) in [7, 11) is 3.98. The molecule has 2 heterocycles. The molecule has 0 bridgehead atoms. The summed E-state index contributed by atoms with van der Waals surface area (Å²) in [4.78, 5) is 14.8. The molecule has 188 valence electrons. The second-order valence-corrected chi connectivity index (χ2v) is 8.61. The van der Waals surface area contributed by atoms with Crippen LogP contribution in [0.3, 0.4) is 0 Å². The van der Waals surface area contributed by atoms with E-state index >= 15 is 0 Å². The number of amides is 1. The SMILES string of the molecule is CN(C)Cc1ccc(-c2c(-c3cccc(OC(F)(F)F)c3)cc3n2[C@@H](CCN)CNC3=O)cc1.Cl. The lowest BCUT2D eigenvalue weighted by atomic mass is 9.99. The Morgan fingerprint density at radius 3 is 2.46 bits per heavy atom. The molecule has 0 unspecified atom stereocenters. The van der Waals surface area contributed by atoms with Crippen molar-refractivity contribution >= 4 is 18.3 Å². The highest BCUT2D eigenvalue weighted by Gasteiger charge is 2.32. The molecule has 2 aromatic carbocycles. The van der Waals surface area contributed by atoms with E-state index in [1.807, 2.05) is 42.9 Å². The summed E-state index contributed by atoms with van der Waals surface area (Å²) >= 11 is 0. The molecule has 0 saturated carbocycles. The van der Waals surface area contributed by atoms with Crippen molar-refractivity contribution in [3.8, 4) is 28.1 Å². The largest absolute Gasteiger partial charge is 0.573 e. The van der Waals surface area contributed by atoms with Crippen molar-refractivity contribution in [2.45, 2.75) is 25.4 Å². The number of nitrogens with zero attached hydrogens (tertiary/aromatic N) is 2. The number of nitrogens with two attached hydrogens (primary N) is 1. The first-order valence-electron chi connectivity index (χ1n) is 11.0. The van der Waals surface area contributed by atoms with Crippen molar-refractivity contribution < 1.29 is 22.7 Å². The van der Waals surface area contributed by atoms with Crippen molar-refractivity contribution in [3.05, 3.63) is 65.9 Å². The van der Waals surface area contributed by atoms with E-state index in [1.54, 1.807) is 12.1 Å². The van der Waals surface area contributed by atoms with Gasteiger partial charge in [0.2, 0.25) is 0 Å². The summed E-state index contributed by atoms with van der Waals surface area (Å²) in [5, 5.41) is 2.90. The Balaban J connectivity index is 0.00000342. The minimum Gasteiger partial charge on any atom is -0.406 e. The van der Waals surface area contributed by atoms with Gasteiger partial charge in [0.15, 0.2) is 0 Å². The van der Waals surface area contributed by atoms with Gasteiger partial charge in [0, 0.05) is 18.7 Å². The van der Waals surface area contributed by atoms with Crippen LogP contribution < -0.4 is 15.8 Å². The van der Waals surface area contributed by atoms with E-state index in [1.165, 1.54) is 18.2 Å². The van der Waals surface area contributed by atoms with E-state index in [0.29, 0.717) is 36.3 Å². The van der Waals surface area contributed by atoms with Gasteiger partial charge in [-0.25, -0.2) is 0 Å². The summed E-state index contributed by atoms with van der Waals surface area (Å²) in [6, 6.07) is 15.5. The van der Waals surface area contributed by atoms with E-state index < -0.39 is 6.36 Å². The van der Waals surface area contributed by atoms with Gasteiger partial charge in [-0.2, -0.15) is 0 Å². The van der Waals surface area contributed by atoms with Crippen LogP contribution in [0.2, 0.25) is 0 Å². The summed E-state index contributed by atoms with van der Waals surface area (Å²) in [6.45, 7) is 1.64. The summed E-state index contributed by atoms with van der Waals surface area (Å²) in [6.07, 6.45) is -4.15. The maximum atomic E-state index is 12.8. The molecule has 3 N–H and O–H groups in total. The number of carbonyl (C=O) groups excluding carboxylic acids is 1. The molecular weight excluding hydrogens is 481 g/mol. The van der Waals surface area contributed by atoms with Crippen molar-refractivity contribution in [2.24, 2.45) is 5.73 Å². The molecule has 10 heteroatoms. The van der Waals surface area contributed by atoms with Crippen LogP contribution >= 0.6 is 12.4 Å². The van der Waals surface area contributed by atoms with Gasteiger partial charge in [-0.15, -0.1) is 25.6 Å². The fourth-order valence-electron chi connectivity index (χ4n) is 4.40. The number of aromatic nitrogens is 1. The molecule has 1 aromatic heterocycles. The maximum Gasteiger partial charge on any atom is 0.573 e. The summed E-state index contributed by atoms with van der Waals surface area (Å²) in [5.41, 5.74) is 10.2. The van der Waals surface area contributed by atoms with Crippen molar-refractivity contribution in [3.63, 3.8) is 0 Å². The van der Waals surface area contributed by atoms with Gasteiger partial charge < -0.3 is 25.3 Å². The van der Waals surface area contributed by atoms with Crippen LogP contribution in [0.15, 0.2) is 54.6 Å². The van der Waals surface area contributed by atoms with Gasteiger partial charge in [0.25, 0.3) is 5.91 Å². The molecule has 0 spiro atoms. The number of alkyl halides is 3. The van der Waals surface area contributed by atoms with Gasteiger partial charge in [-0.05, 0) is 62.0 Å². The van der Waals surface area contributed by atoms with Gasteiger partial charge in [-0.1, -0.05) is 36.4 Å². The molecule has 0 saturated heterocycles. The fraction of sp³-hybridized carbons (Fsp3) is 0.320. The number of rotatable bonds is 7. The Labute approximate surface area is 208 Å². The molecule has 3 aromatic rings. The molecule has 35 heavy (non-hydrogen) atoms. The standard InChI is InChI=1S/C25H27F3N4O2.ClH/c1-31(2)15-16-6-8-17(9-7-16)23-21(18-4-3-5-20(12-18)34-25(26,27)28)13-22-24(33)30-14-19(10-11-29)32(22)23;/h3-9,12-13,19H,10-11,14-15,29H2,1-2H3,(H,30,33);1H/t19-;/m0./s1. The molecule has 0 fully saturated rings. The van der Waals surface area contributed by atoms with Crippen LogP contribution in [0, 0.1) is 0 Å². The van der Waals surface area contributed by atoms with Gasteiger partial charge in [-0.3, -0.25) is 4.79 Å². The lowest BCUT2D eigenvalue weighted by molar-refractivity contribution is -0.274. The van der Waals surface area contributed by atoms with Crippen LogP contribution in [-0.2, 0) is 6.54 Å². The van der Waals surface area contributed by atoms with E-state index in [4.69, 9.17) is 5.73 Å². The molecular formula is C25H28ClF3N4O2. The topological polar surface area (TPSA) is 72.5 Å². The zero-order chi connectivity index (χ0) is 24.5. The quantitative estimate of drug-likeness (QED) is 0.479. The van der Waals surface area contributed by atoms with Crippen LogP contribution in [0.1, 0.15) is 28.5 Å². The minimum absolute atomic E-state index is 0. The Hall–Kier alpha value is -3.01. The Morgan fingerprint density at radius 2 is 1.83 bits per heavy atom. The first-order chi connectivity index (χ1) is 16.2. The second-order valence-electron chi connectivity index (χ2n) is 8.61. The highest BCUT2D eigenvalue weighted by Crippen LogP contribution is 2.40.